The molecule has 0 unspecified atom stereocenters. The first kappa shape index (κ1) is 12.8. The van der Waals surface area contributed by atoms with Crippen molar-refractivity contribution >= 4 is 27.4 Å². The van der Waals surface area contributed by atoms with Crippen LogP contribution < -0.4 is 4.90 Å². The van der Waals surface area contributed by atoms with Gasteiger partial charge in [-0.1, -0.05) is 22.4 Å². The van der Waals surface area contributed by atoms with E-state index in [9.17, 15) is 0 Å². The van der Waals surface area contributed by atoms with E-state index < -0.39 is 0 Å². The van der Waals surface area contributed by atoms with Crippen molar-refractivity contribution in [2.45, 2.75) is 24.7 Å². The second-order valence-electron chi connectivity index (χ2n) is 5.77. The lowest BCUT2D eigenvalue weighted by Crippen LogP contribution is -2.38. The highest BCUT2D eigenvalue weighted by molar-refractivity contribution is 9.10. The van der Waals surface area contributed by atoms with Gasteiger partial charge in [0.2, 0.25) is 0 Å². The number of nitriles is 1. The van der Waals surface area contributed by atoms with Crippen LogP contribution in [0.15, 0.2) is 34.8 Å². The lowest BCUT2D eigenvalue weighted by Gasteiger charge is -2.39. The van der Waals surface area contributed by atoms with Gasteiger partial charge in [0.1, 0.15) is 6.07 Å². The third-order valence-electron chi connectivity index (χ3n) is 4.63. The van der Waals surface area contributed by atoms with Crippen LogP contribution in [-0.4, -0.2) is 16.7 Å². The fraction of sp³-hybridized carbons (Fsp3) is 0.312. The molecule has 0 saturated heterocycles. The Morgan fingerprint density at radius 2 is 2.05 bits per heavy atom. The van der Waals surface area contributed by atoms with Crippen molar-refractivity contribution in [2.75, 3.05) is 11.4 Å². The molecule has 1 aromatic carbocycles. The summed E-state index contributed by atoms with van der Waals surface area (Å²) in [7, 11) is 0. The summed E-state index contributed by atoms with van der Waals surface area (Å²) in [5.41, 5.74) is 3.26. The summed E-state index contributed by atoms with van der Waals surface area (Å²) >= 11 is 3.58. The molecule has 1 fully saturated rings. The molecule has 0 N–H and O–H groups in total. The van der Waals surface area contributed by atoms with Gasteiger partial charge in [-0.25, -0.2) is 0 Å². The van der Waals surface area contributed by atoms with E-state index in [0.717, 1.165) is 16.8 Å². The average Bonchev–Trinajstić information content (AvgIpc) is 2.82. The van der Waals surface area contributed by atoms with Gasteiger partial charge in [-0.15, -0.1) is 10.2 Å². The molecule has 1 spiro atoms. The zero-order valence-corrected chi connectivity index (χ0v) is 13.0. The molecule has 4 rings (SSSR count). The van der Waals surface area contributed by atoms with E-state index in [1.807, 2.05) is 12.1 Å². The number of hydrogen-bond acceptors (Lipinski definition) is 4. The SMILES string of the molecule is N#Cc1ccc(N2CC3(CCC3)c3cc(Br)ccc32)nn1. The van der Waals surface area contributed by atoms with Crippen LogP contribution in [0.4, 0.5) is 11.5 Å². The van der Waals surface area contributed by atoms with Gasteiger partial charge < -0.3 is 4.90 Å². The zero-order chi connectivity index (χ0) is 14.4. The molecule has 0 bridgehead atoms. The average molecular weight is 341 g/mol. The number of benzene rings is 1. The number of nitrogens with zero attached hydrogens (tertiary/aromatic N) is 4. The molecular formula is C16H13BrN4. The Hall–Kier alpha value is -1.93. The van der Waals surface area contributed by atoms with Crippen molar-refractivity contribution in [3.8, 4) is 6.07 Å². The lowest BCUT2D eigenvalue weighted by atomic mass is 9.66. The fourth-order valence-electron chi connectivity index (χ4n) is 3.41. The highest BCUT2D eigenvalue weighted by Crippen LogP contribution is 2.54. The van der Waals surface area contributed by atoms with E-state index in [1.54, 1.807) is 6.07 Å². The summed E-state index contributed by atoms with van der Waals surface area (Å²) < 4.78 is 1.13. The Morgan fingerprint density at radius 1 is 1.19 bits per heavy atom. The molecule has 0 amide bonds. The molecule has 4 nitrogen and oxygen atoms in total. The smallest absolute Gasteiger partial charge is 0.163 e. The van der Waals surface area contributed by atoms with E-state index in [4.69, 9.17) is 5.26 Å². The van der Waals surface area contributed by atoms with Crippen LogP contribution in [0.25, 0.3) is 0 Å². The Bertz CT molecular complexity index is 744. The standard InChI is InChI=1S/C16H13BrN4/c17-11-2-4-14-13(8-11)16(6-1-7-16)10-21(14)15-5-3-12(9-18)19-20-15/h2-5,8H,1,6-7,10H2. The quantitative estimate of drug-likeness (QED) is 0.794. The summed E-state index contributed by atoms with van der Waals surface area (Å²) in [4.78, 5) is 2.23. The molecule has 2 aromatic rings. The minimum Gasteiger partial charge on any atom is -0.324 e. The molecule has 0 atom stereocenters. The van der Waals surface area contributed by atoms with Crippen molar-refractivity contribution in [2.24, 2.45) is 0 Å². The molecule has 2 heterocycles. The highest BCUT2D eigenvalue weighted by atomic mass is 79.9. The van der Waals surface area contributed by atoms with E-state index in [2.05, 4.69) is 49.2 Å². The fourth-order valence-corrected chi connectivity index (χ4v) is 3.77. The minimum absolute atomic E-state index is 0.273. The Kier molecular flexibility index (Phi) is 2.76. The first-order chi connectivity index (χ1) is 10.2. The molecule has 1 saturated carbocycles. The van der Waals surface area contributed by atoms with Crippen LogP contribution in [0.5, 0.6) is 0 Å². The van der Waals surface area contributed by atoms with Crippen LogP contribution in [0.1, 0.15) is 30.5 Å². The topological polar surface area (TPSA) is 52.8 Å². The van der Waals surface area contributed by atoms with Crippen molar-refractivity contribution in [3.63, 3.8) is 0 Å². The predicted molar refractivity (Wildman–Crippen MR) is 83.4 cm³/mol. The zero-order valence-electron chi connectivity index (χ0n) is 11.4. The largest absolute Gasteiger partial charge is 0.324 e. The molecule has 1 aromatic heterocycles. The maximum absolute atomic E-state index is 8.84. The highest BCUT2D eigenvalue weighted by Gasteiger charge is 2.47. The minimum atomic E-state index is 0.273. The molecule has 5 heteroatoms. The Labute approximate surface area is 131 Å². The Morgan fingerprint density at radius 3 is 2.67 bits per heavy atom. The van der Waals surface area contributed by atoms with Gasteiger partial charge in [0.15, 0.2) is 11.5 Å². The van der Waals surface area contributed by atoms with Gasteiger partial charge >= 0.3 is 0 Å². The molecule has 2 aliphatic rings. The molecule has 1 aliphatic carbocycles. The van der Waals surface area contributed by atoms with Gasteiger partial charge in [0, 0.05) is 22.1 Å². The normalized spacial score (nSPS) is 18.2. The van der Waals surface area contributed by atoms with E-state index in [1.165, 1.54) is 30.5 Å². The summed E-state index contributed by atoms with van der Waals surface area (Å²) in [6.07, 6.45) is 3.76. The first-order valence-electron chi connectivity index (χ1n) is 7.03. The van der Waals surface area contributed by atoms with Gasteiger partial charge in [-0.2, -0.15) is 5.26 Å². The third kappa shape index (κ3) is 1.86. The van der Waals surface area contributed by atoms with Crippen LogP contribution in [-0.2, 0) is 5.41 Å². The number of hydrogen-bond donors (Lipinski definition) is 0. The summed E-state index contributed by atoms with van der Waals surface area (Å²) in [5.74, 6) is 0.821. The summed E-state index contributed by atoms with van der Waals surface area (Å²) in [6.45, 7) is 0.958. The van der Waals surface area contributed by atoms with E-state index in [0.29, 0.717) is 5.69 Å². The molecule has 21 heavy (non-hydrogen) atoms. The van der Waals surface area contributed by atoms with Gasteiger partial charge in [-0.3, -0.25) is 0 Å². The van der Waals surface area contributed by atoms with Gasteiger partial charge in [0.05, 0.1) is 0 Å². The molecule has 1 aliphatic heterocycles. The predicted octanol–water partition coefficient (Wildman–Crippen LogP) is 3.68. The number of halogens is 1. The van der Waals surface area contributed by atoms with Crippen LogP contribution >= 0.6 is 15.9 Å². The Balaban J connectivity index is 1.80. The second kappa shape index (κ2) is 4.54. The summed E-state index contributed by atoms with van der Waals surface area (Å²) in [5, 5.41) is 17.0. The first-order valence-corrected chi connectivity index (χ1v) is 7.83. The van der Waals surface area contributed by atoms with E-state index >= 15 is 0 Å². The molecule has 0 radical (unpaired) electrons. The van der Waals surface area contributed by atoms with Gasteiger partial charge in [0.25, 0.3) is 0 Å². The maximum Gasteiger partial charge on any atom is 0.163 e. The van der Waals surface area contributed by atoms with Crippen LogP contribution in [0.3, 0.4) is 0 Å². The number of rotatable bonds is 1. The number of fused-ring (bicyclic) bond motifs is 2. The third-order valence-corrected chi connectivity index (χ3v) is 5.13. The number of aromatic nitrogens is 2. The summed E-state index contributed by atoms with van der Waals surface area (Å²) in [6, 6.07) is 12.1. The van der Waals surface area contributed by atoms with Crippen molar-refractivity contribution < 1.29 is 0 Å². The van der Waals surface area contributed by atoms with Gasteiger partial charge in [-0.05, 0) is 48.7 Å². The van der Waals surface area contributed by atoms with Crippen molar-refractivity contribution in [1.29, 1.82) is 5.26 Å². The second-order valence-corrected chi connectivity index (χ2v) is 6.69. The van der Waals surface area contributed by atoms with Crippen LogP contribution in [0, 0.1) is 11.3 Å². The van der Waals surface area contributed by atoms with Crippen molar-refractivity contribution in [1.82, 2.24) is 10.2 Å². The van der Waals surface area contributed by atoms with E-state index in [-0.39, 0.29) is 5.41 Å². The molecular weight excluding hydrogens is 328 g/mol. The monoisotopic (exact) mass is 340 g/mol. The lowest BCUT2D eigenvalue weighted by molar-refractivity contribution is 0.266. The van der Waals surface area contributed by atoms with Crippen LogP contribution in [0.2, 0.25) is 0 Å². The maximum atomic E-state index is 8.84. The molecule has 104 valence electrons. The number of anilines is 2. The van der Waals surface area contributed by atoms with Crippen molar-refractivity contribution in [3.05, 3.63) is 46.1 Å².